The second-order valence-electron chi connectivity index (χ2n) is 6.90. The Balaban J connectivity index is 1.71. The van der Waals surface area contributed by atoms with E-state index in [2.05, 4.69) is 76.6 Å². The number of benzene rings is 4. The van der Waals surface area contributed by atoms with Crippen molar-refractivity contribution in [2.75, 3.05) is 0 Å². The van der Waals surface area contributed by atoms with Crippen molar-refractivity contribution in [3.05, 3.63) is 108 Å². The molecule has 0 amide bonds. The minimum absolute atomic E-state index is 0.724. The molecule has 0 fully saturated rings. The van der Waals surface area contributed by atoms with Crippen LogP contribution in [0.15, 0.2) is 108 Å². The number of hydrogen-bond acceptors (Lipinski definition) is 2. The maximum absolute atomic E-state index is 4.91. The Morgan fingerprint density at radius 2 is 1.10 bits per heavy atom. The van der Waals surface area contributed by atoms with Crippen LogP contribution in [0.2, 0.25) is 0 Å². The summed E-state index contributed by atoms with van der Waals surface area (Å²) in [6, 6.07) is 35.3. The van der Waals surface area contributed by atoms with Gasteiger partial charge in [0, 0.05) is 21.2 Å². The molecule has 0 radical (unpaired) electrons. The largest absolute Gasteiger partial charge is 0.228 e. The van der Waals surface area contributed by atoms with Crippen molar-refractivity contribution < 1.29 is 0 Å². The molecule has 5 rings (SSSR count). The van der Waals surface area contributed by atoms with E-state index >= 15 is 0 Å². The summed E-state index contributed by atoms with van der Waals surface area (Å²) in [6.07, 6.45) is 0. The summed E-state index contributed by atoms with van der Waals surface area (Å²) in [4.78, 5) is 9.77. The molecule has 0 atom stereocenters. The fraction of sp³-hybridized carbons (Fsp3) is 0. The second-order valence-corrected chi connectivity index (χ2v) is 7.81. The van der Waals surface area contributed by atoms with Gasteiger partial charge in [-0.1, -0.05) is 94.8 Å². The van der Waals surface area contributed by atoms with Gasteiger partial charge in [0.05, 0.1) is 11.4 Å². The highest BCUT2D eigenvalue weighted by Crippen LogP contribution is 2.29. The zero-order valence-electron chi connectivity index (χ0n) is 15.6. The van der Waals surface area contributed by atoms with Gasteiger partial charge in [0.2, 0.25) is 0 Å². The summed E-state index contributed by atoms with van der Waals surface area (Å²) >= 11 is 3.50. The van der Waals surface area contributed by atoms with Gasteiger partial charge in [-0.2, -0.15) is 0 Å². The minimum Gasteiger partial charge on any atom is -0.228 e. The van der Waals surface area contributed by atoms with E-state index in [4.69, 9.17) is 9.97 Å². The predicted molar refractivity (Wildman–Crippen MR) is 124 cm³/mol. The van der Waals surface area contributed by atoms with Crippen molar-refractivity contribution in [2.45, 2.75) is 0 Å². The zero-order chi connectivity index (χ0) is 19.6. The molecule has 0 bridgehead atoms. The number of aromatic nitrogens is 2. The molecule has 0 N–H and O–H groups in total. The molecule has 0 unspecified atom stereocenters. The Kier molecular flexibility index (Phi) is 4.66. The molecule has 0 aliphatic rings. The van der Waals surface area contributed by atoms with Crippen molar-refractivity contribution in [3.63, 3.8) is 0 Å². The molecule has 0 aliphatic heterocycles. The van der Waals surface area contributed by atoms with Crippen molar-refractivity contribution >= 4 is 26.7 Å². The fourth-order valence-electron chi connectivity index (χ4n) is 3.43. The normalized spacial score (nSPS) is 10.9. The van der Waals surface area contributed by atoms with Crippen LogP contribution < -0.4 is 0 Å². The predicted octanol–water partition coefficient (Wildman–Crippen LogP) is 7.39. The second kappa shape index (κ2) is 7.61. The highest BCUT2D eigenvalue weighted by atomic mass is 79.9. The first kappa shape index (κ1) is 17.8. The van der Waals surface area contributed by atoms with E-state index in [1.165, 1.54) is 10.8 Å². The molecule has 0 saturated carbocycles. The van der Waals surface area contributed by atoms with Gasteiger partial charge < -0.3 is 0 Å². The van der Waals surface area contributed by atoms with Crippen LogP contribution in [0.3, 0.4) is 0 Å². The van der Waals surface area contributed by atoms with Gasteiger partial charge in [0.1, 0.15) is 0 Å². The fourth-order valence-corrected chi connectivity index (χ4v) is 3.69. The van der Waals surface area contributed by atoms with E-state index in [0.717, 1.165) is 38.4 Å². The lowest BCUT2D eigenvalue weighted by Gasteiger charge is -2.10. The van der Waals surface area contributed by atoms with Crippen LogP contribution >= 0.6 is 15.9 Å². The Morgan fingerprint density at radius 1 is 0.483 bits per heavy atom. The lowest BCUT2D eigenvalue weighted by atomic mass is 10.0. The van der Waals surface area contributed by atoms with Crippen LogP contribution in [0, 0.1) is 0 Å². The maximum Gasteiger partial charge on any atom is 0.160 e. The summed E-state index contributed by atoms with van der Waals surface area (Å²) in [7, 11) is 0. The summed E-state index contributed by atoms with van der Waals surface area (Å²) < 4.78 is 1.04. The molecule has 3 heteroatoms. The molecular formula is C26H17BrN2. The van der Waals surface area contributed by atoms with Crippen LogP contribution in [-0.4, -0.2) is 9.97 Å². The molecule has 29 heavy (non-hydrogen) atoms. The van der Waals surface area contributed by atoms with Crippen molar-refractivity contribution in [1.82, 2.24) is 9.97 Å². The molecule has 0 saturated heterocycles. The summed E-state index contributed by atoms with van der Waals surface area (Å²) in [5, 5.41) is 2.43. The topological polar surface area (TPSA) is 25.8 Å². The number of nitrogens with zero attached hydrogens (tertiary/aromatic N) is 2. The smallest absolute Gasteiger partial charge is 0.160 e. The molecule has 2 nitrogen and oxygen atoms in total. The van der Waals surface area contributed by atoms with Crippen LogP contribution in [0.5, 0.6) is 0 Å². The molecule has 0 aliphatic carbocycles. The number of hydrogen-bond donors (Lipinski definition) is 0. The van der Waals surface area contributed by atoms with Crippen molar-refractivity contribution in [1.29, 1.82) is 0 Å². The van der Waals surface area contributed by atoms with E-state index in [1.54, 1.807) is 0 Å². The molecular weight excluding hydrogens is 420 g/mol. The van der Waals surface area contributed by atoms with Crippen molar-refractivity contribution in [3.8, 4) is 33.9 Å². The van der Waals surface area contributed by atoms with Gasteiger partial charge >= 0.3 is 0 Å². The third-order valence-electron chi connectivity index (χ3n) is 4.94. The highest BCUT2D eigenvalue weighted by Gasteiger charge is 2.11. The Morgan fingerprint density at radius 3 is 1.86 bits per heavy atom. The SMILES string of the molecule is Brc1ccc(-c2nc(-c3ccccc3)cc(-c3ccc4ccccc4c3)n2)cc1. The quantitative estimate of drug-likeness (QED) is 0.294. The Labute approximate surface area is 178 Å². The zero-order valence-corrected chi connectivity index (χ0v) is 17.2. The highest BCUT2D eigenvalue weighted by molar-refractivity contribution is 9.10. The lowest BCUT2D eigenvalue weighted by molar-refractivity contribution is 1.18. The number of fused-ring (bicyclic) bond motifs is 1. The summed E-state index contributed by atoms with van der Waals surface area (Å²) in [5.41, 5.74) is 4.99. The van der Waals surface area contributed by atoms with Crippen LogP contribution in [0.4, 0.5) is 0 Å². The third kappa shape index (κ3) is 3.69. The van der Waals surface area contributed by atoms with E-state index < -0.39 is 0 Å². The average Bonchev–Trinajstić information content (AvgIpc) is 2.79. The van der Waals surface area contributed by atoms with Crippen LogP contribution in [-0.2, 0) is 0 Å². The number of rotatable bonds is 3. The van der Waals surface area contributed by atoms with Crippen molar-refractivity contribution in [2.24, 2.45) is 0 Å². The van der Waals surface area contributed by atoms with Gasteiger partial charge in [0.25, 0.3) is 0 Å². The Bertz CT molecular complexity index is 1300. The first-order valence-electron chi connectivity index (χ1n) is 9.46. The van der Waals surface area contributed by atoms with E-state index in [0.29, 0.717) is 0 Å². The van der Waals surface area contributed by atoms with Gasteiger partial charge in [-0.25, -0.2) is 9.97 Å². The van der Waals surface area contributed by atoms with Crippen LogP contribution in [0.25, 0.3) is 44.7 Å². The molecule has 1 heterocycles. The molecule has 0 spiro atoms. The minimum atomic E-state index is 0.724. The molecule has 138 valence electrons. The maximum atomic E-state index is 4.91. The van der Waals surface area contributed by atoms with E-state index in [1.807, 2.05) is 42.5 Å². The monoisotopic (exact) mass is 436 g/mol. The molecule has 1 aromatic heterocycles. The van der Waals surface area contributed by atoms with Gasteiger partial charge in [0.15, 0.2) is 5.82 Å². The van der Waals surface area contributed by atoms with E-state index in [9.17, 15) is 0 Å². The summed E-state index contributed by atoms with van der Waals surface area (Å²) in [5.74, 6) is 0.724. The standard InChI is InChI=1S/C26H17BrN2/c27-23-14-12-20(13-15-23)26-28-24(19-7-2-1-3-8-19)17-25(29-26)22-11-10-18-6-4-5-9-21(18)16-22/h1-17H. The first-order valence-corrected chi connectivity index (χ1v) is 10.3. The number of halogens is 1. The van der Waals surface area contributed by atoms with Gasteiger partial charge in [-0.15, -0.1) is 0 Å². The van der Waals surface area contributed by atoms with E-state index in [-0.39, 0.29) is 0 Å². The molecule has 4 aromatic carbocycles. The first-order chi connectivity index (χ1) is 14.3. The lowest BCUT2D eigenvalue weighted by Crippen LogP contribution is -1.95. The van der Waals surface area contributed by atoms with Gasteiger partial charge in [-0.3, -0.25) is 0 Å². The summed E-state index contributed by atoms with van der Waals surface area (Å²) in [6.45, 7) is 0. The average molecular weight is 437 g/mol. The Hall–Kier alpha value is -3.30. The van der Waals surface area contributed by atoms with Gasteiger partial charge in [-0.05, 0) is 35.0 Å². The third-order valence-corrected chi connectivity index (χ3v) is 5.47. The van der Waals surface area contributed by atoms with Crippen LogP contribution in [0.1, 0.15) is 0 Å². The molecule has 5 aromatic rings.